The third-order valence-corrected chi connectivity index (χ3v) is 3.22. The lowest BCUT2D eigenvalue weighted by Crippen LogP contribution is -1.96. The number of aromatic carboxylic acids is 1. The highest BCUT2D eigenvalue weighted by atomic mass is 16.4. The molecule has 0 unspecified atom stereocenters. The molecule has 0 aliphatic heterocycles. The topological polar surface area (TPSA) is 78.2 Å². The highest BCUT2D eigenvalue weighted by Crippen LogP contribution is 2.28. The first-order chi connectivity index (χ1) is 9.06. The van der Waals surface area contributed by atoms with Crippen molar-refractivity contribution in [1.82, 2.24) is 9.55 Å². The molecule has 0 fully saturated rings. The Bertz CT molecular complexity index is 783. The second-order valence-electron chi connectivity index (χ2n) is 4.42. The average Bonchev–Trinajstić information content (AvgIpc) is 2.94. The average molecular weight is 256 g/mol. The van der Waals surface area contributed by atoms with Crippen LogP contribution in [0.15, 0.2) is 36.4 Å². The smallest absolute Gasteiger partial charge is 0.352 e. The fraction of sp³-hybridized carbons (Fsp3) is 0.0714. The fourth-order valence-corrected chi connectivity index (χ4v) is 2.26. The summed E-state index contributed by atoms with van der Waals surface area (Å²) in [5.41, 5.74) is 2.73. The third-order valence-electron chi connectivity index (χ3n) is 3.22. The molecule has 2 aromatic heterocycles. The van der Waals surface area contributed by atoms with Gasteiger partial charge < -0.3 is 19.8 Å². The molecular formula is C14H12N2O3. The number of hydrogen-bond donors (Lipinski definition) is 3. The van der Waals surface area contributed by atoms with Gasteiger partial charge in [-0.25, -0.2) is 4.79 Å². The number of aromatic nitrogens is 2. The number of nitrogens with zero attached hydrogens (tertiary/aromatic N) is 1. The van der Waals surface area contributed by atoms with Crippen molar-refractivity contribution in [3.05, 3.63) is 42.1 Å². The number of benzene rings is 1. The number of H-pyrrole nitrogens is 1. The Hall–Kier alpha value is -2.69. The number of carboxylic acids is 1. The van der Waals surface area contributed by atoms with Gasteiger partial charge in [0.2, 0.25) is 0 Å². The first-order valence-corrected chi connectivity index (χ1v) is 5.77. The molecule has 3 N–H and O–H groups in total. The van der Waals surface area contributed by atoms with Crippen LogP contribution in [0.1, 0.15) is 10.5 Å². The molecule has 5 heteroatoms. The Morgan fingerprint density at radius 3 is 2.68 bits per heavy atom. The van der Waals surface area contributed by atoms with Crippen LogP contribution in [-0.4, -0.2) is 25.7 Å². The summed E-state index contributed by atoms with van der Waals surface area (Å²) in [7, 11) is 1.90. The van der Waals surface area contributed by atoms with Crippen LogP contribution in [0.4, 0.5) is 0 Å². The van der Waals surface area contributed by atoms with Crippen LogP contribution in [0.2, 0.25) is 0 Å². The lowest BCUT2D eigenvalue weighted by atomic mass is 10.2. The molecule has 0 bridgehead atoms. The van der Waals surface area contributed by atoms with Crippen molar-refractivity contribution in [2.24, 2.45) is 7.05 Å². The van der Waals surface area contributed by atoms with Crippen LogP contribution >= 0.6 is 0 Å². The second kappa shape index (κ2) is 3.91. The van der Waals surface area contributed by atoms with Crippen LogP contribution in [0.5, 0.6) is 5.75 Å². The van der Waals surface area contributed by atoms with Gasteiger partial charge in [0.15, 0.2) is 0 Å². The Balaban J connectivity index is 2.18. The van der Waals surface area contributed by atoms with E-state index in [4.69, 9.17) is 5.11 Å². The summed E-state index contributed by atoms with van der Waals surface area (Å²) in [6.07, 6.45) is 0. The van der Waals surface area contributed by atoms with Gasteiger partial charge in [-0.3, -0.25) is 0 Å². The Morgan fingerprint density at radius 2 is 2.00 bits per heavy atom. The van der Waals surface area contributed by atoms with Crippen molar-refractivity contribution >= 4 is 16.9 Å². The van der Waals surface area contributed by atoms with E-state index in [0.29, 0.717) is 0 Å². The first-order valence-electron chi connectivity index (χ1n) is 5.77. The van der Waals surface area contributed by atoms with E-state index < -0.39 is 5.97 Å². The maximum absolute atomic E-state index is 10.9. The molecule has 3 rings (SSSR count). The van der Waals surface area contributed by atoms with Crippen LogP contribution in [0.25, 0.3) is 22.3 Å². The molecule has 0 aliphatic rings. The minimum absolute atomic E-state index is 0.156. The molecule has 0 atom stereocenters. The van der Waals surface area contributed by atoms with Gasteiger partial charge in [-0.1, -0.05) is 0 Å². The summed E-state index contributed by atoms with van der Waals surface area (Å²) in [5, 5.41) is 19.3. The molecule has 5 nitrogen and oxygen atoms in total. The monoisotopic (exact) mass is 256 g/mol. The molecule has 0 saturated heterocycles. The Morgan fingerprint density at radius 1 is 1.21 bits per heavy atom. The number of aromatic amines is 1. The third kappa shape index (κ3) is 1.76. The maximum Gasteiger partial charge on any atom is 0.352 e. The molecule has 0 saturated carbocycles. The summed E-state index contributed by atoms with van der Waals surface area (Å²) in [5.74, 6) is -0.773. The zero-order chi connectivity index (χ0) is 13.6. The van der Waals surface area contributed by atoms with Gasteiger partial charge >= 0.3 is 5.97 Å². The predicted octanol–water partition coefficient (Wildman–Crippen LogP) is 2.58. The Labute approximate surface area is 108 Å². The Kier molecular flexibility index (Phi) is 2.35. The zero-order valence-electron chi connectivity index (χ0n) is 10.2. The molecule has 3 aromatic rings. The van der Waals surface area contributed by atoms with E-state index in [1.54, 1.807) is 18.2 Å². The van der Waals surface area contributed by atoms with E-state index >= 15 is 0 Å². The highest BCUT2D eigenvalue weighted by molar-refractivity contribution is 5.89. The van der Waals surface area contributed by atoms with Gasteiger partial charge in [0.25, 0.3) is 0 Å². The van der Waals surface area contributed by atoms with Crippen LogP contribution < -0.4 is 0 Å². The van der Waals surface area contributed by atoms with E-state index in [-0.39, 0.29) is 11.4 Å². The van der Waals surface area contributed by atoms with Crippen molar-refractivity contribution < 1.29 is 15.0 Å². The molecule has 0 spiro atoms. The van der Waals surface area contributed by atoms with Crippen molar-refractivity contribution in [3.8, 4) is 17.1 Å². The first kappa shape index (κ1) is 11.4. The van der Waals surface area contributed by atoms with Gasteiger partial charge in [0, 0.05) is 18.0 Å². The van der Waals surface area contributed by atoms with Crippen molar-refractivity contribution in [2.45, 2.75) is 0 Å². The minimum Gasteiger partial charge on any atom is -0.508 e. The lowest BCUT2D eigenvalue weighted by Gasteiger charge is -2.02. The molecule has 2 heterocycles. The molecule has 0 aliphatic carbocycles. The number of aryl methyl sites for hydroxylation is 1. The number of phenols is 1. The number of carboxylic acid groups (broad SMARTS) is 1. The fourth-order valence-electron chi connectivity index (χ4n) is 2.26. The largest absolute Gasteiger partial charge is 0.508 e. The zero-order valence-corrected chi connectivity index (χ0v) is 10.2. The summed E-state index contributed by atoms with van der Waals surface area (Å²) in [4.78, 5) is 13.7. The quantitative estimate of drug-likeness (QED) is 0.659. The summed E-state index contributed by atoms with van der Waals surface area (Å²) in [6.45, 7) is 0. The van der Waals surface area contributed by atoms with Crippen LogP contribution in [-0.2, 0) is 7.05 Å². The van der Waals surface area contributed by atoms with E-state index in [1.165, 1.54) is 6.07 Å². The molecule has 1 aromatic carbocycles. The number of rotatable bonds is 2. The summed E-state index contributed by atoms with van der Waals surface area (Å²) in [6, 6.07) is 10.3. The molecule has 0 radical (unpaired) electrons. The normalized spacial score (nSPS) is 11.0. The SMILES string of the molecule is Cn1c(-c2ccc(C(=O)O)[nH]2)cc2cc(O)ccc21. The van der Waals surface area contributed by atoms with Gasteiger partial charge in [-0.2, -0.15) is 0 Å². The van der Waals surface area contributed by atoms with Gasteiger partial charge in [0.1, 0.15) is 11.4 Å². The van der Waals surface area contributed by atoms with E-state index in [9.17, 15) is 9.90 Å². The van der Waals surface area contributed by atoms with E-state index in [1.807, 2.05) is 23.7 Å². The highest BCUT2D eigenvalue weighted by Gasteiger charge is 2.12. The molecule has 19 heavy (non-hydrogen) atoms. The molecule has 0 amide bonds. The van der Waals surface area contributed by atoms with Gasteiger partial charge in [-0.15, -0.1) is 0 Å². The maximum atomic E-state index is 10.9. The number of phenolic OH excluding ortho intramolecular Hbond substituents is 1. The summed E-state index contributed by atoms with van der Waals surface area (Å²) < 4.78 is 1.95. The lowest BCUT2D eigenvalue weighted by molar-refractivity contribution is 0.0691. The van der Waals surface area contributed by atoms with Gasteiger partial charge in [-0.05, 0) is 36.4 Å². The number of aromatic hydroxyl groups is 1. The van der Waals surface area contributed by atoms with E-state index in [0.717, 1.165) is 22.3 Å². The minimum atomic E-state index is -0.984. The van der Waals surface area contributed by atoms with Crippen molar-refractivity contribution in [2.75, 3.05) is 0 Å². The number of carbonyl (C=O) groups is 1. The van der Waals surface area contributed by atoms with E-state index in [2.05, 4.69) is 4.98 Å². The standard InChI is InChI=1S/C14H12N2O3/c1-16-12-5-2-9(17)6-8(12)7-13(16)10-3-4-11(15-10)14(18)19/h2-7,15,17H,1H3,(H,18,19). The van der Waals surface area contributed by atoms with Crippen LogP contribution in [0, 0.1) is 0 Å². The van der Waals surface area contributed by atoms with Crippen LogP contribution in [0.3, 0.4) is 0 Å². The predicted molar refractivity (Wildman–Crippen MR) is 71.3 cm³/mol. The number of fused-ring (bicyclic) bond motifs is 1. The van der Waals surface area contributed by atoms with Crippen molar-refractivity contribution in [1.29, 1.82) is 0 Å². The van der Waals surface area contributed by atoms with Crippen molar-refractivity contribution in [3.63, 3.8) is 0 Å². The second-order valence-corrected chi connectivity index (χ2v) is 4.42. The number of nitrogens with one attached hydrogen (secondary N) is 1. The molecule has 96 valence electrons. The number of hydrogen-bond acceptors (Lipinski definition) is 2. The molecular weight excluding hydrogens is 244 g/mol. The van der Waals surface area contributed by atoms with Gasteiger partial charge in [0.05, 0.1) is 11.4 Å². The summed E-state index contributed by atoms with van der Waals surface area (Å²) >= 11 is 0.